The predicted molar refractivity (Wildman–Crippen MR) is 30.7 cm³/mol. The second-order valence-corrected chi connectivity index (χ2v) is 1.98. The summed E-state index contributed by atoms with van der Waals surface area (Å²) in [7, 11) is 0. The third kappa shape index (κ3) is 0.952. The van der Waals surface area contributed by atoms with Crippen LogP contribution in [0.4, 0.5) is 0 Å². The van der Waals surface area contributed by atoms with Gasteiger partial charge in [0.05, 0.1) is 0 Å². The minimum Gasteiger partial charge on any atom is -0.402 e. The normalized spacial score (nSPS) is 17.0. The smallest absolute Gasteiger partial charge is 0.00698 e. The van der Waals surface area contributed by atoms with Crippen molar-refractivity contribution in [1.29, 1.82) is 0 Å². The summed E-state index contributed by atoms with van der Waals surface area (Å²) in [5.41, 5.74) is 8.17. The van der Waals surface area contributed by atoms with Crippen LogP contribution in [0, 0.1) is 0 Å². The number of hydrogen-bond donors (Lipinski definition) is 1. The molecule has 0 spiro atoms. The molecule has 1 fully saturated rings. The van der Waals surface area contributed by atoms with Gasteiger partial charge in [-0.3, -0.25) is 0 Å². The molecular weight excluding hydrogens is 86.1 g/mol. The SMILES string of the molecule is CCC(N)=C1CC1. The number of hydrogen-bond acceptors (Lipinski definition) is 1. The summed E-state index contributed by atoms with van der Waals surface area (Å²) in [6, 6.07) is 0. The Labute approximate surface area is 44.2 Å². The molecule has 7 heavy (non-hydrogen) atoms. The van der Waals surface area contributed by atoms with Crippen molar-refractivity contribution in [2.45, 2.75) is 26.2 Å². The van der Waals surface area contributed by atoms with Crippen LogP contribution < -0.4 is 5.73 Å². The Hall–Kier alpha value is -0.460. The molecule has 1 rings (SSSR count). The van der Waals surface area contributed by atoms with Crippen LogP contribution in [0.1, 0.15) is 26.2 Å². The lowest BCUT2D eigenvalue weighted by atomic mass is 10.3. The number of allylic oxidation sites excluding steroid dienone is 2. The van der Waals surface area contributed by atoms with E-state index in [1.807, 2.05) is 0 Å². The molecule has 0 aromatic heterocycles. The van der Waals surface area contributed by atoms with Crippen LogP contribution in [0.2, 0.25) is 0 Å². The van der Waals surface area contributed by atoms with Crippen LogP contribution >= 0.6 is 0 Å². The highest BCUT2D eigenvalue weighted by Gasteiger charge is 2.13. The first-order chi connectivity index (χ1) is 3.34. The second kappa shape index (κ2) is 1.57. The van der Waals surface area contributed by atoms with Crippen molar-refractivity contribution in [2.24, 2.45) is 5.73 Å². The average molecular weight is 97.2 g/mol. The van der Waals surface area contributed by atoms with E-state index < -0.39 is 0 Å². The van der Waals surface area contributed by atoms with E-state index in [2.05, 4.69) is 6.92 Å². The molecule has 0 saturated heterocycles. The van der Waals surface area contributed by atoms with Crippen molar-refractivity contribution in [2.75, 3.05) is 0 Å². The molecule has 0 aliphatic heterocycles. The van der Waals surface area contributed by atoms with Gasteiger partial charge in [0.1, 0.15) is 0 Å². The van der Waals surface area contributed by atoms with E-state index in [0.29, 0.717) is 0 Å². The Kier molecular flexibility index (Phi) is 1.05. The molecule has 0 bridgehead atoms. The molecule has 1 saturated carbocycles. The van der Waals surface area contributed by atoms with Gasteiger partial charge in [-0.05, 0) is 19.3 Å². The summed E-state index contributed by atoms with van der Waals surface area (Å²) in [6.45, 7) is 2.10. The van der Waals surface area contributed by atoms with Crippen LogP contribution in [0.25, 0.3) is 0 Å². The maximum atomic E-state index is 5.56. The summed E-state index contributed by atoms with van der Waals surface area (Å²) in [5, 5.41) is 0. The first kappa shape index (κ1) is 4.69. The molecule has 0 unspecified atom stereocenters. The topological polar surface area (TPSA) is 26.0 Å². The summed E-state index contributed by atoms with van der Waals surface area (Å²) in [4.78, 5) is 0. The summed E-state index contributed by atoms with van der Waals surface area (Å²) < 4.78 is 0. The Balaban J connectivity index is 2.49. The van der Waals surface area contributed by atoms with Gasteiger partial charge in [-0.25, -0.2) is 0 Å². The number of nitrogens with two attached hydrogens (primary N) is 1. The van der Waals surface area contributed by atoms with Crippen LogP contribution in [0.5, 0.6) is 0 Å². The van der Waals surface area contributed by atoms with E-state index in [0.717, 1.165) is 12.1 Å². The third-order valence-electron chi connectivity index (χ3n) is 1.34. The van der Waals surface area contributed by atoms with Crippen molar-refractivity contribution in [3.8, 4) is 0 Å². The average Bonchev–Trinajstić information content (AvgIpc) is 2.44. The van der Waals surface area contributed by atoms with Gasteiger partial charge in [0, 0.05) is 5.70 Å². The predicted octanol–water partition coefficient (Wildman–Crippen LogP) is 1.40. The summed E-state index contributed by atoms with van der Waals surface area (Å²) in [5.74, 6) is 0. The van der Waals surface area contributed by atoms with Crippen molar-refractivity contribution >= 4 is 0 Å². The molecule has 40 valence electrons. The first-order valence-electron chi connectivity index (χ1n) is 2.81. The van der Waals surface area contributed by atoms with Gasteiger partial charge in [-0.15, -0.1) is 0 Å². The van der Waals surface area contributed by atoms with Crippen LogP contribution in [0.3, 0.4) is 0 Å². The van der Waals surface area contributed by atoms with Gasteiger partial charge in [0.25, 0.3) is 0 Å². The summed E-state index contributed by atoms with van der Waals surface area (Å²) in [6.07, 6.45) is 3.56. The Morgan fingerprint density at radius 1 is 1.71 bits per heavy atom. The molecule has 1 aliphatic carbocycles. The zero-order chi connectivity index (χ0) is 5.28. The lowest BCUT2D eigenvalue weighted by Crippen LogP contribution is -1.93. The lowest BCUT2D eigenvalue weighted by molar-refractivity contribution is 1.06. The van der Waals surface area contributed by atoms with Gasteiger partial charge in [0.15, 0.2) is 0 Å². The molecule has 1 aliphatic rings. The Bertz CT molecular complexity index is 96.7. The molecule has 0 amide bonds. The van der Waals surface area contributed by atoms with Crippen molar-refractivity contribution < 1.29 is 0 Å². The van der Waals surface area contributed by atoms with Crippen LogP contribution in [-0.2, 0) is 0 Å². The molecule has 0 heterocycles. The first-order valence-corrected chi connectivity index (χ1v) is 2.81. The zero-order valence-corrected chi connectivity index (χ0v) is 4.70. The third-order valence-corrected chi connectivity index (χ3v) is 1.34. The highest BCUT2D eigenvalue weighted by Crippen LogP contribution is 2.30. The van der Waals surface area contributed by atoms with Gasteiger partial charge in [-0.1, -0.05) is 12.5 Å². The van der Waals surface area contributed by atoms with E-state index in [-0.39, 0.29) is 0 Å². The minimum absolute atomic E-state index is 1.04. The van der Waals surface area contributed by atoms with Gasteiger partial charge in [0.2, 0.25) is 0 Å². The standard InChI is InChI=1S/C6H11N/c1-2-6(7)5-3-4-5/h2-4,7H2,1H3. The molecular formula is C6H11N. The highest BCUT2D eigenvalue weighted by molar-refractivity contribution is 5.22. The molecule has 0 aromatic rings. The fraction of sp³-hybridized carbons (Fsp3) is 0.667. The van der Waals surface area contributed by atoms with Gasteiger partial charge < -0.3 is 5.73 Å². The molecule has 0 atom stereocenters. The Morgan fingerprint density at radius 3 is 2.43 bits per heavy atom. The van der Waals surface area contributed by atoms with Crippen molar-refractivity contribution in [3.63, 3.8) is 0 Å². The van der Waals surface area contributed by atoms with Crippen molar-refractivity contribution in [3.05, 3.63) is 11.3 Å². The Morgan fingerprint density at radius 2 is 2.29 bits per heavy atom. The van der Waals surface area contributed by atoms with E-state index >= 15 is 0 Å². The van der Waals surface area contributed by atoms with E-state index in [1.165, 1.54) is 18.4 Å². The summed E-state index contributed by atoms with van der Waals surface area (Å²) >= 11 is 0. The molecule has 1 nitrogen and oxygen atoms in total. The minimum atomic E-state index is 1.04. The van der Waals surface area contributed by atoms with E-state index in [4.69, 9.17) is 5.73 Å². The fourth-order valence-corrected chi connectivity index (χ4v) is 0.634. The van der Waals surface area contributed by atoms with E-state index in [9.17, 15) is 0 Å². The lowest BCUT2D eigenvalue weighted by Gasteiger charge is -1.88. The monoisotopic (exact) mass is 97.1 g/mol. The molecule has 0 aromatic carbocycles. The number of rotatable bonds is 1. The quantitative estimate of drug-likeness (QED) is 0.526. The van der Waals surface area contributed by atoms with E-state index in [1.54, 1.807) is 0 Å². The molecule has 0 radical (unpaired) electrons. The zero-order valence-electron chi connectivity index (χ0n) is 4.70. The molecule has 1 heteroatoms. The van der Waals surface area contributed by atoms with Crippen molar-refractivity contribution in [1.82, 2.24) is 0 Å². The van der Waals surface area contributed by atoms with Gasteiger partial charge >= 0.3 is 0 Å². The maximum Gasteiger partial charge on any atom is 0.00698 e. The largest absolute Gasteiger partial charge is 0.402 e. The molecule has 2 N–H and O–H groups in total. The second-order valence-electron chi connectivity index (χ2n) is 1.98. The van der Waals surface area contributed by atoms with Crippen LogP contribution in [0.15, 0.2) is 11.3 Å². The highest BCUT2D eigenvalue weighted by atomic mass is 14.6. The fourth-order valence-electron chi connectivity index (χ4n) is 0.634. The van der Waals surface area contributed by atoms with Gasteiger partial charge in [-0.2, -0.15) is 0 Å². The van der Waals surface area contributed by atoms with Crippen LogP contribution in [-0.4, -0.2) is 0 Å². The maximum absolute atomic E-state index is 5.56.